The molecule has 0 aliphatic carbocycles. The number of nitriles is 1. The topological polar surface area (TPSA) is 50.1 Å². The van der Waals surface area contributed by atoms with Crippen molar-refractivity contribution in [2.45, 2.75) is 6.92 Å². The monoisotopic (exact) mass is 251 g/mol. The van der Waals surface area contributed by atoms with Gasteiger partial charge in [0.1, 0.15) is 11.8 Å². The summed E-state index contributed by atoms with van der Waals surface area (Å²) in [5.41, 5.74) is 2.22. The molecule has 0 N–H and O–H groups in total. The van der Waals surface area contributed by atoms with Crippen LogP contribution in [0.25, 0.3) is 0 Å². The first kappa shape index (κ1) is 12.8. The number of ether oxygens (including phenoxy) is 1. The second-order valence-electron chi connectivity index (χ2n) is 4.17. The zero-order chi connectivity index (χ0) is 13.8. The van der Waals surface area contributed by atoms with Gasteiger partial charge in [-0.1, -0.05) is 12.1 Å². The van der Waals surface area contributed by atoms with Gasteiger partial charge in [-0.2, -0.15) is 5.26 Å². The molecule has 0 aliphatic rings. The summed E-state index contributed by atoms with van der Waals surface area (Å²) in [6.07, 6.45) is 0. The molecule has 0 unspecified atom stereocenters. The summed E-state index contributed by atoms with van der Waals surface area (Å²) >= 11 is 0. The maximum atomic E-state index is 12.4. The molecule has 0 bridgehead atoms. The van der Waals surface area contributed by atoms with E-state index in [0.29, 0.717) is 22.4 Å². The van der Waals surface area contributed by atoms with Crippen LogP contribution in [0.3, 0.4) is 0 Å². The fourth-order valence-corrected chi connectivity index (χ4v) is 1.90. The van der Waals surface area contributed by atoms with Crippen molar-refractivity contribution in [3.05, 3.63) is 64.7 Å². The largest absolute Gasteiger partial charge is 0.497 e. The molecule has 3 nitrogen and oxygen atoms in total. The van der Waals surface area contributed by atoms with Gasteiger partial charge in [-0.15, -0.1) is 0 Å². The molecule has 0 aromatic heterocycles. The lowest BCUT2D eigenvalue weighted by atomic mass is 9.96. The Labute approximate surface area is 112 Å². The van der Waals surface area contributed by atoms with Gasteiger partial charge < -0.3 is 4.74 Å². The molecule has 0 fully saturated rings. The Balaban J connectivity index is 2.44. The SMILES string of the molecule is COc1ccc(C(=O)c2cccc(C)c2C#N)cc1. The Hall–Kier alpha value is -2.60. The van der Waals surface area contributed by atoms with Gasteiger partial charge in [-0.25, -0.2) is 0 Å². The third-order valence-corrected chi connectivity index (χ3v) is 2.98. The van der Waals surface area contributed by atoms with Crippen molar-refractivity contribution in [1.82, 2.24) is 0 Å². The summed E-state index contributed by atoms with van der Waals surface area (Å²) in [5, 5.41) is 9.16. The molecule has 2 rings (SSSR count). The smallest absolute Gasteiger partial charge is 0.194 e. The average molecular weight is 251 g/mol. The number of rotatable bonds is 3. The van der Waals surface area contributed by atoms with Gasteiger partial charge in [-0.3, -0.25) is 4.79 Å². The van der Waals surface area contributed by atoms with Crippen molar-refractivity contribution in [3.8, 4) is 11.8 Å². The second-order valence-corrected chi connectivity index (χ2v) is 4.17. The number of ketones is 1. The highest BCUT2D eigenvalue weighted by Crippen LogP contribution is 2.19. The minimum atomic E-state index is -0.150. The normalized spacial score (nSPS) is 9.74. The number of methoxy groups -OCH3 is 1. The van der Waals surface area contributed by atoms with Crippen LogP contribution in [-0.4, -0.2) is 12.9 Å². The van der Waals surface area contributed by atoms with E-state index >= 15 is 0 Å². The molecule has 19 heavy (non-hydrogen) atoms. The molecule has 0 saturated heterocycles. The molecule has 0 atom stereocenters. The number of hydrogen-bond acceptors (Lipinski definition) is 3. The van der Waals surface area contributed by atoms with Gasteiger partial charge in [0.05, 0.1) is 12.7 Å². The van der Waals surface area contributed by atoms with E-state index in [1.807, 2.05) is 13.0 Å². The fraction of sp³-hybridized carbons (Fsp3) is 0.125. The molecule has 0 saturated carbocycles. The van der Waals surface area contributed by atoms with E-state index in [1.54, 1.807) is 43.5 Å². The van der Waals surface area contributed by atoms with Crippen molar-refractivity contribution in [3.63, 3.8) is 0 Å². The predicted octanol–water partition coefficient (Wildman–Crippen LogP) is 3.11. The molecular weight excluding hydrogens is 238 g/mol. The van der Waals surface area contributed by atoms with Crippen molar-refractivity contribution >= 4 is 5.78 Å². The van der Waals surface area contributed by atoms with E-state index in [1.165, 1.54) is 0 Å². The molecule has 2 aromatic carbocycles. The molecule has 0 amide bonds. The van der Waals surface area contributed by atoms with Crippen LogP contribution in [0, 0.1) is 18.3 Å². The average Bonchev–Trinajstić information content (AvgIpc) is 2.46. The van der Waals surface area contributed by atoms with Crippen molar-refractivity contribution in [2.75, 3.05) is 7.11 Å². The quantitative estimate of drug-likeness (QED) is 0.787. The maximum Gasteiger partial charge on any atom is 0.194 e. The summed E-state index contributed by atoms with van der Waals surface area (Å²) in [5.74, 6) is 0.546. The van der Waals surface area contributed by atoms with Crippen LogP contribution in [0.1, 0.15) is 27.0 Å². The van der Waals surface area contributed by atoms with E-state index < -0.39 is 0 Å². The molecule has 0 heterocycles. The highest BCUT2D eigenvalue weighted by Gasteiger charge is 2.14. The van der Waals surface area contributed by atoms with Gasteiger partial charge in [0.15, 0.2) is 5.78 Å². The first-order valence-corrected chi connectivity index (χ1v) is 5.86. The fourth-order valence-electron chi connectivity index (χ4n) is 1.90. The van der Waals surface area contributed by atoms with E-state index in [2.05, 4.69) is 6.07 Å². The van der Waals surface area contributed by atoms with Gasteiger partial charge >= 0.3 is 0 Å². The van der Waals surface area contributed by atoms with Crippen LogP contribution < -0.4 is 4.74 Å². The van der Waals surface area contributed by atoms with Gasteiger partial charge in [-0.05, 0) is 42.8 Å². The molecule has 0 radical (unpaired) electrons. The maximum absolute atomic E-state index is 12.4. The Morgan fingerprint density at radius 2 is 1.84 bits per heavy atom. The summed E-state index contributed by atoms with van der Waals surface area (Å²) in [6.45, 7) is 1.82. The third-order valence-electron chi connectivity index (χ3n) is 2.98. The molecule has 0 aliphatic heterocycles. The first-order chi connectivity index (χ1) is 9.17. The number of aryl methyl sites for hydroxylation is 1. The van der Waals surface area contributed by atoms with Crippen LogP contribution in [0.4, 0.5) is 0 Å². The molecular formula is C16H13NO2. The van der Waals surface area contributed by atoms with Crippen LogP contribution in [0.5, 0.6) is 5.75 Å². The standard InChI is InChI=1S/C16H13NO2/c1-11-4-3-5-14(15(11)10-17)16(18)12-6-8-13(19-2)9-7-12/h3-9H,1-2H3. The van der Waals surface area contributed by atoms with Crippen LogP contribution in [0.2, 0.25) is 0 Å². The Bertz CT molecular complexity index is 651. The molecule has 0 spiro atoms. The van der Waals surface area contributed by atoms with Crippen molar-refractivity contribution in [2.24, 2.45) is 0 Å². The van der Waals surface area contributed by atoms with Gasteiger partial charge in [0.2, 0.25) is 0 Å². The molecule has 3 heteroatoms. The van der Waals surface area contributed by atoms with E-state index in [-0.39, 0.29) is 5.78 Å². The number of hydrogen-bond donors (Lipinski definition) is 0. The summed E-state index contributed by atoms with van der Waals surface area (Å²) < 4.78 is 5.05. The predicted molar refractivity (Wildman–Crippen MR) is 72.3 cm³/mol. The first-order valence-electron chi connectivity index (χ1n) is 5.86. The summed E-state index contributed by atoms with van der Waals surface area (Å²) in [7, 11) is 1.57. The minimum absolute atomic E-state index is 0.150. The zero-order valence-electron chi connectivity index (χ0n) is 10.8. The van der Waals surface area contributed by atoms with Crippen molar-refractivity contribution in [1.29, 1.82) is 5.26 Å². The van der Waals surface area contributed by atoms with E-state index in [9.17, 15) is 4.79 Å². The zero-order valence-corrected chi connectivity index (χ0v) is 10.8. The Morgan fingerprint density at radius 3 is 2.42 bits per heavy atom. The highest BCUT2D eigenvalue weighted by molar-refractivity contribution is 6.10. The summed E-state index contributed by atoms with van der Waals surface area (Å²) in [4.78, 5) is 12.4. The number of carbonyl (C=O) groups is 1. The third kappa shape index (κ3) is 2.48. The van der Waals surface area contributed by atoms with Crippen molar-refractivity contribution < 1.29 is 9.53 Å². The lowest BCUT2D eigenvalue weighted by molar-refractivity contribution is 0.103. The van der Waals surface area contributed by atoms with Crippen LogP contribution in [-0.2, 0) is 0 Å². The Morgan fingerprint density at radius 1 is 1.16 bits per heavy atom. The second kappa shape index (κ2) is 5.36. The lowest BCUT2D eigenvalue weighted by Crippen LogP contribution is -2.05. The highest BCUT2D eigenvalue weighted by atomic mass is 16.5. The van der Waals surface area contributed by atoms with E-state index in [0.717, 1.165) is 5.56 Å². The van der Waals surface area contributed by atoms with Gasteiger partial charge in [0.25, 0.3) is 0 Å². The lowest BCUT2D eigenvalue weighted by Gasteiger charge is -2.06. The van der Waals surface area contributed by atoms with Crippen LogP contribution in [0.15, 0.2) is 42.5 Å². The van der Waals surface area contributed by atoms with E-state index in [4.69, 9.17) is 10.00 Å². The van der Waals surface area contributed by atoms with Crippen LogP contribution >= 0.6 is 0 Å². The number of carbonyl (C=O) groups excluding carboxylic acids is 1. The van der Waals surface area contributed by atoms with Gasteiger partial charge in [0, 0.05) is 11.1 Å². The number of benzene rings is 2. The summed E-state index contributed by atoms with van der Waals surface area (Å²) in [6, 6.07) is 14.2. The number of nitrogens with zero attached hydrogens (tertiary/aromatic N) is 1. The molecule has 2 aromatic rings. The minimum Gasteiger partial charge on any atom is -0.497 e. The Kier molecular flexibility index (Phi) is 3.63. The molecule has 94 valence electrons.